The summed E-state index contributed by atoms with van der Waals surface area (Å²) >= 11 is 7.11. The van der Waals surface area contributed by atoms with E-state index >= 15 is 0 Å². The van der Waals surface area contributed by atoms with E-state index < -0.39 is 5.54 Å². The molecule has 2 rings (SSSR count). The Morgan fingerprint density at radius 2 is 1.96 bits per heavy atom. The third-order valence-electron chi connectivity index (χ3n) is 4.96. The topological polar surface area (TPSA) is 50.4 Å². The minimum Gasteiger partial charge on any atom is -0.462 e. The first kappa shape index (κ1) is 20.7. The first-order valence-corrected chi connectivity index (χ1v) is 10.6. The van der Waals surface area contributed by atoms with E-state index in [1.807, 2.05) is 20.8 Å². The Kier molecular flexibility index (Phi) is 7.48. The molecule has 0 amide bonds. The highest BCUT2D eigenvalue weighted by Gasteiger charge is 2.28. The molecule has 0 spiro atoms. The molecule has 1 heterocycles. The third-order valence-corrected chi connectivity index (χ3v) is 6.38. The Labute approximate surface area is 166 Å². The minimum atomic E-state index is -0.470. The number of thiocarbonyl (C=S) groups is 1. The Hall–Kier alpha value is -1.58. The van der Waals surface area contributed by atoms with E-state index in [-0.39, 0.29) is 5.97 Å². The number of carbonyl (C=O) groups is 1. The number of carbonyl (C=O) groups excluding carboxylic acids is 1. The second-order valence-electron chi connectivity index (χ2n) is 6.50. The SMILES string of the molecule is C#CC(CC)(CC)NC(=S)Nc1sc2c(c1C(=O)OCC)CCCCC2. The number of anilines is 1. The minimum absolute atomic E-state index is 0.272. The second-order valence-corrected chi connectivity index (χ2v) is 8.02. The van der Waals surface area contributed by atoms with Gasteiger partial charge in [-0.2, -0.15) is 0 Å². The van der Waals surface area contributed by atoms with Crippen LogP contribution in [0.1, 0.15) is 73.7 Å². The number of rotatable bonds is 6. The van der Waals surface area contributed by atoms with Gasteiger partial charge in [0.1, 0.15) is 5.00 Å². The van der Waals surface area contributed by atoms with Crippen LogP contribution in [-0.4, -0.2) is 23.2 Å². The Bertz CT molecular complexity index is 699. The van der Waals surface area contributed by atoms with Gasteiger partial charge < -0.3 is 15.4 Å². The van der Waals surface area contributed by atoms with Crippen LogP contribution in [0.4, 0.5) is 5.00 Å². The second kappa shape index (κ2) is 9.38. The van der Waals surface area contributed by atoms with Crippen molar-refractivity contribution < 1.29 is 9.53 Å². The number of nitrogens with one attached hydrogen (secondary N) is 2. The third kappa shape index (κ3) is 4.57. The van der Waals surface area contributed by atoms with Crippen molar-refractivity contribution in [3.63, 3.8) is 0 Å². The molecule has 1 aliphatic carbocycles. The molecule has 0 atom stereocenters. The average molecular weight is 393 g/mol. The summed E-state index contributed by atoms with van der Waals surface area (Å²) in [5.41, 5.74) is 1.31. The fourth-order valence-electron chi connectivity index (χ4n) is 3.27. The van der Waals surface area contributed by atoms with Crippen LogP contribution in [0.25, 0.3) is 0 Å². The molecule has 0 aromatic carbocycles. The monoisotopic (exact) mass is 392 g/mol. The maximum atomic E-state index is 12.6. The molecular formula is C20H28N2O2S2. The number of ether oxygens (including phenoxy) is 1. The molecule has 4 nitrogen and oxygen atoms in total. The molecule has 0 aliphatic heterocycles. The van der Waals surface area contributed by atoms with Crippen molar-refractivity contribution in [1.29, 1.82) is 0 Å². The Balaban J connectivity index is 2.29. The highest BCUT2D eigenvalue weighted by atomic mass is 32.1. The summed E-state index contributed by atoms with van der Waals surface area (Å²) in [7, 11) is 0. The van der Waals surface area contributed by atoms with Crippen LogP contribution in [0.2, 0.25) is 0 Å². The summed E-state index contributed by atoms with van der Waals surface area (Å²) in [6.07, 6.45) is 12.6. The lowest BCUT2D eigenvalue weighted by molar-refractivity contribution is 0.0527. The van der Waals surface area contributed by atoms with Gasteiger partial charge in [0.15, 0.2) is 5.11 Å². The van der Waals surface area contributed by atoms with Crippen LogP contribution >= 0.6 is 23.6 Å². The quantitative estimate of drug-likeness (QED) is 0.319. The van der Waals surface area contributed by atoms with Crippen molar-refractivity contribution in [2.75, 3.05) is 11.9 Å². The molecule has 26 heavy (non-hydrogen) atoms. The molecule has 6 heteroatoms. The van der Waals surface area contributed by atoms with Gasteiger partial charge in [0.05, 0.1) is 17.7 Å². The molecule has 1 aromatic heterocycles. The number of thiophene rings is 1. The predicted molar refractivity (Wildman–Crippen MR) is 113 cm³/mol. The van der Waals surface area contributed by atoms with Crippen molar-refractivity contribution in [2.45, 2.75) is 71.3 Å². The summed E-state index contributed by atoms with van der Waals surface area (Å²) < 4.78 is 5.31. The first-order chi connectivity index (χ1) is 12.5. The molecule has 0 unspecified atom stereocenters. The van der Waals surface area contributed by atoms with E-state index in [1.54, 1.807) is 11.3 Å². The highest BCUT2D eigenvalue weighted by Crippen LogP contribution is 2.38. The molecule has 1 aromatic rings. The molecule has 0 saturated carbocycles. The summed E-state index contributed by atoms with van der Waals surface area (Å²) in [4.78, 5) is 13.9. The van der Waals surface area contributed by atoms with Gasteiger partial charge in [-0.05, 0) is 63.2 Å². The molecule has 0 fully saturated rings. The predicted octanol–water partition coefficient (Wildman–Crippen LogP) is 4.67. The van der Waals surface area contributed by atoms with Crippen molar-refractivity contribution in [3.8, 4) is 12.3 Å². The number of terminal acetylenes is 1. The largest absolute Gasteiger partial charge is 0.462 e. The van der Waals surface area contributed by atoms with Crippen molar-refractivity contribution in [1.82, 2.24) is 5.32 Å². The van der Waals surface area contributed by atoms with E-state index in [1.165, 1.54) is 11.3 Å². The molecule has 0 saturated heterocycles. The van der Waals surface area contributed by atoms with E-state index in [0.29, 0.717) is 17.3 Å². The zero-order chi connectivity index (χ0) is 19.2. The Morgan fingerprint density at radius 1 is 1.27 bits per heavy atom. The van der Waals surface area contributed by atoms with Crippen LogP contribution in [0.3, 0.4) is 0 Å². The fourth-order valence-corrected chi connectivity index (χ4v) is 4.91. The van der Waals surface area contributed by atoms with E-state index in [4.69, 9.17) is 23.4 Å². The van der Waals surface area contributed by atoms with E-state index in [2.05, 4.69) is 16.6 Å². The van der Waals surface area contributed by atoms with Gasteiger partial charge in [0.2, 0.25) is 0 Å². The molecule has 2 N–H and O–H groups in total. The highest BCUT2D eigenvalue weighted by molar-refractivity contribution is 7.80. The number of hydrogen-bond acceptors (Lipinski definition) is 4. The number of hydrogen-bond donors (Lipinski definition) is 2. The van der Waals surface area contributed by atoms with E-state index in [0.717, 1.165) is 49.1 Å². The number of esters is 1. The lowest BCUT2D eigenvalue weighted by Crippen LogP contribution is -2.48. The molecule has 0 radical (unpaired) electrons. The fraction of sp³-hybridized carbons (Fsp3) is 0.600. The van der Waals surface area contributed by atoms with Gasteiger partial charge in [0.25, 0.3) is 0 Å². The lowest BCUT2D eigenvalue weighted by Gasteiger charge is -2.28. The maximum Gasteiger partial charge on any atom is 0.341 e. The van der Waals surface area contributed by atoms with Crippen molar-refractivity contribution in [3.05, 3.63) is 16.0 Å². The smallest absolute Gasteiger partial charge is 0.341 e. The summed E-state index contributed by atoms with van der Waals surface area (Å²) in [5.74, 6) is 2.55. The molecular weight excluding hydrogens is 364 g/mol. The van der Waals surface area contributed by atoms with Crippen molar-refractivity contribution in [2.24, 2.45) is 0 Å². The van der Waals surface area contributed by atoms with Crippen LogP contribution in [0.15, 0.2) is 0 Å². The average Bonchev–Trinajstić information content (AvgIpc) is 2.80. The van der Waals surface area contributed by atoms with Gasteiger partial charge in [-0.3, -0.25) is 0 Å². The van der Waals surface area contributed by atoms with Gasteiger partial charge >= 0.3 is 5.97 Å². The molecule has 1 aliphatic rings. The Morgan fingerprint density at radius 3 is 2.58 bits per heavy atom. The van der Waals surface area contributed by atoms with Crippen LogP contribution < -0.4 is 10.6 Å². The van der Waals surface area contributed by atoms with Gasteiger partial charge in [0, 0.05) is 4.88 Å². The summed E-state index contributed by atoms with van der Waals surface area (Å²) in [6, 6.07) is 0. The zero-order valence-electron chi connectivity index (χ0n) is 15.9. The van der Waals surface area contributed by atoms with Crippen LogP contribution in [-0.2, 0) is 17.6 Å². The van der Waals surface area contributed by atoms with Gasteiger partial charge in [-0.1, -0.05) is 26.2 Å². The molecule has 0 bridgehead atoms. The van der Waals surface area contributed by atoms with Gasteiger partial charge in [-0.15, -0.1) is 17.8 Å². The lowest BCUT2D eigenvalue weighted by atomic mass is 9.94. The van der Waals surface area contributed by atoms with Gasteiger partial charge in [-0.25, -0.2) is 4.79 Å². The maximum absolute atomic E-state index is 12.6. The van der Waals surface area contributed by atoms with E-state index in [9.17, 15) is 4.79 Å². The first-order valence-electron chi connectivity index (χ1n) is 9.38. The number of fused-ring (bicyclic) bond motifs is 1. The van der Waals surface area contributed by atoms with Crippen molar-refractivity contribution >= 4 is 39.6 Å². The number of aryl methyl sites for hydroxylation is 1. The van der Waals surface area contributed by atoms with Crippen LogP contribution in [0.5, 0.6) is 0 Å². The van der Waals surface area contributed by atoms with Crippen LogP contribution in [0, 0.1) is 12.3 Å². The summed E-state index contributed by atoms with van der Waals surface area (Å²) in [5, 5.41) is 7.71. The standard InChI is InChI=1S/C20H28N2O2S2/c1-5-20(6-2,7-3)22-19(25)21-17-16(18(23)24-8-4)14-12-10-9-11-13-15(14)26-17/h1H,6-13H2,2-4H3,(H2,21,22,25). The summed E-state index contributed by atoms with van der Waals surface area (Å²) in [6.45, 7) is 6.26. The molecule has 142 valence electrons. The zero-order valence-corrected chi connectivity index (χ0v) is 17.5. The normalized spacial score (nSPS) is 13.9.